The standard InChI is InChI=1S/C17H10ClF4N5S/c18-9-1-4-14-15(5-9)28-16(24-14)17(21,22)12(7-27-8-23-25-26-27)11-3-2-10(19)6-13(11)20/h1-6,8,12H,7H2. The monoisotopic (exact) mass is 427 g/mol. The first-order valence-electron chi connectivity index (χ1n) is 7.94. The normalized spacial score (nSPS) is 13.2. The molecule has 0 aliphatic carbocycles. The summed E-state index contributed by atoms with van der Waals surface area (Å²) in [6.45, 7) is -0.431. The topological polar surface area (TPSA) is 56.5 Å². The van der Waals surface area contributed by atoms with Crippen molar-refractivity contribution in [3.8, 4) is 0 Å². The largest absolute Gasteiger partial charge is 0.307 e. The summed E-state index contributed by atoms with van der Waals surface area (Å²) in [5.74, 6) is -7.24. The van der Waals surface area contributed by atoms with E-state index < -0.39 is 35.0 Å². The molecule has 2 aromatic heterocycles. The summed E-state index contributed by atoms with van der Waals surface area (Å²) >= 11 is 6.67. The zero-order valence-electron chi connectivity index (χ0n) is 13.9. The van der Waals surface area contributed by atoms with Crippen molar-refractivity contribution in [2.75, 3.05) is 0 Å². The van der Waals surface area contributed by atoms with Gasteiger partial charge in [0.15, 0.2) is 5.01 Å². The molecule has 0 aliphatic heterocycles. The van der Waals surface area contributed by atoms with Gasteiger partial charge in [0, 0.05) is 11.1 Å². The highest BCUT2D eigenvalue weighted by Gasteiger charge is 2.46. The zero-order chi connectivity index (χ0) is 19.9. The van der Waals surface area contributed by atoms with Crippen LogP contribution in [0.5, 0.6) is 0 Å². The second kappa shape index (κ2) is 7.10. The Kier molecular flexibility index (Phi) is 4.76. The second-order valence-corrected chi connectivity index (χ2v) is 7.47. The van der Waals surface area contributed by atoms with Gasteiger partial charge in [0.25, 0.3) is 0 Å². The average Bonchev–Trinajstić information content (AvgIpc) is 3.29. The van der Waals surface area contributed by atoms with Crippen molar-refractivity contribution in [2.24, 2.45) is 0 Å². The fraction of sp³-hybridized carbons (Fsp3) is 0.176. The van der Waals surface area contributed by atoms with E-state index in [1.165, 1.54) is 12.1 Å². The first-order valence-corrected chi connectivity index (χ1v) is 9.14. The van der Waals surface area contributed by atoms with Crippen LogP contribution in [0.25, 0.3) is 10.2 Å². The van der Waals surface area contributed by atoms with Gasteiger partial charge in [-0.3, -0.25) is 0 Å². The summed E-state index contributed by atoms with van der Waals surface area (Å²) in [4.78, 5) is 4.00. The quantitative estimate of drug-likeness (QED) is 0.430. The summed E-state index contributed by atoms with van der Waals surface area (Å²) in [5, 5.41) is 10.3. The maximum absolute atomic E-state index is 15.5. The smallest absolute Gasteiger partial charge is 0.235 e. The van der Waals surface area contributed by atoms with Gasteiger partial charge < -0.3 is 0 Å². The van der Waals surface area contributed by atoms with Gasteiger partial charge >= 0.3 is 5.92 Å². The molecule has 1 unspecified atom stereocenters. The Morgan fingerprint density at radius 2 is 1.96 bits per heavy atom. The van der Waals surface area contributed by atoms with E-state index >= 15 is 8.78 Å². The Labute approximate surface area is 164 Å². The van der Waals surface area contributed by atoms with Gasteiger partial charge in [-0.05, 0) is 40.3 Å². The Morgan fingerprint density at radius 3 is 2.68 bits per heavy atom. The molecular weight excluding hydrogens is 418 g/mol. The SMILES string of the molecule is Fc1ccc(C(Cn2cnnn2)C(F)(F)c2nc3ccc(Cl)cc3s2)c(F)c1. The molecular formula is C17H10ClF4N5S. The summed E-state index contributed by atoms with van der Waals surface area (Å²) in [6, 6.07) is 7.10. The van der Waals surface area contributed by atoms with Crippen molar-refractivity contribution in [3.63, 3.8) is 0 Å². The van der Waals surface area contributed by atoms with Crippen LogP contribution in [0.3, 0.4) is 0 Å². The molecule has 2 heterocycles. The fourth-order valence-electron chi connectivity index (χ4n) is 2.83. The number of fused-ring (bicyclic) bond motifs is 1. The number of halogens is 5. The molecule has 0 amide bonds. The van der Waals surface area contributed by atoms with E-state index in [0.29, 0.717) is 21.3 Å². The van der Waals surface area contributed by atoms with Crippen molar-refractivity contribution >= 4 is 33.2 Å². The Bertz CT molecular complexity index is 1130. The third-order valence-electron chi connectivity index (χ3n) is 4.17. The number of nitrogens with zero attached hydrogens (tertiary/aromatic N) is 5. The molecule has 0 N–H and O–H groups in total. The Balaban J connectivity index is 1.82. The lowest BCUT2D eigenvalue weighted by molar-refractivity contribution is -0.0414. The van der Waals surface area contributed by atoms with E-state index in [0.717, 1.165) is 34.5 Å². The number of hydrogen-bond acceptors (Lipinski definition) is 5. The van der Waals surface area contributed by atoms with Gasteiger partial charge in [-0.25, -0.2) is 18.4 Å². The van der Waals surface area contributed by atoms with Crippen molar-refractivity contribution in [1.82, 2.24) is 25.2 Å². The van der Waals surface area contributed by atoms with Gasteiger partial charge in [0.1, 0.15) is 18.0 Å². The fourth-order valence-corrected chi connectivity index (χ4v) is 4.11. The number of benzene rings is 2. The molecule has 5 nitrogen and oxygen atoms in total. The average molecular weight is 428 g/mol. The highest BCUT2D eigenvalue weighted by molar-refractivity contribution is 7.18. The number of thiazole rings is 1. The zero-order valence-corrected chi connectivity index (χ0v) is 15.4. The van der Waals surface area contributed by atoms with Crippen molar-refractivity contribution in [2.45, 2.75) is 18.4 Å². The van der Waals surface area contributed by atoms with E-state index in [-0.39, 0.29) is 5.56 Å². The van der Waals surface area contributed by atoms with Crippen LogP contribution in [-0.2, 0) is 12.5 Å². The lowest BCUT2D eigenvalue weighted by Crippen LogP contribution is -2.29. The number of rotatable bonds is 5. The number of tetrazole rings is 1. The minimum atomic E-state index is -3.58. The molecule has 11 heteroatoms. The molecule has 0 radical (unpaired) electrons. The maximum atomic E-state index is 15.5. The molecule has 1 atom stereocenters. The number of hydrogen-bond donors (Lipinski definition) is 0. The lowest BCUT2D eigenvalue weighted by Gasteiger charge is -2.25. The molecule has 0 fully saturated rings. The minimum Gasteiger partial charge on any atom is -0.235 e. The third-order valence-corrected chi connectivity index (χ3v) is 5.51. The Hall–Kier alpha value is -2.59. The second-order valence-electron chi connectivity index (χ2n) is 6.00. The molecule has 144 valence electrons. The third kappa shape index (κ3) is 3.45. The van der Waals surface area contributed by atoms with E-state index in [4.69, 9.17) is 11.6 Å². The number of aromatic nitrogens is 5. The molecule has 4 rings (SSSR count). The maximum Gasteiger partial charge on any atom is 0.307 e. The highest BCUT2D eigenvalue weighted by Crippen LogP contribution is 2.46. The summed E-state index contributed by atoms with van der Waals surface area (Å²) in [5.41, 5.74) is -0.0102. The first-order chi connectivity index (χ1) is 13.3. The highest BCUT2D eigenvalue weighted by atomic mass is 35.5. The minimum absolute atomic E-state index is 0.352. The van der Waals surface area contributed by atoms with Gasteiger partial charge in [0.2, 0.25) is 0 Å². The molecule has 0 aliphatic rings. The molecule has 0 spiro atoms. The van der Waals surface area contributed by atoms with Gasteiger partial charge in [-0.2, -0.15) is 8.78 Å². The van der Waals surface area contributed by atoms with Gasteiger partial charge in [-0.15, -0.1) is 16.4 Å². The van der Waals surface area contributed by atoms with Gasteiger partial charge in [-0.1, -0.05) is 17.7 Å². The van der Waals surface area contributed by atoms with Crippen LogP contribution in [0.15, 0.2) is 42.7 Å². The van der Waals surface area contributed by atoms with E-state index in [1.54, 1.807) is 6.07 Å². The van der Waals surface area contributed by atoms with E-state index in [2.05, 4.69) is 20.5 Å². The molecule has 28 heavy (non-hydrogen) atoms. The van der Waals surface area contributed by atoms with Crippen LogP contribution in [0.1, 0.15) is 16.5 Å². The van der Waals surface area contributed by atoms with Crippen LogP contribution in [0.4, 0.5) is 17.6 Å². The van der Waals surface area contributed by atoms with E-state index in [9.17, 15) is 8.78 Å². The van der Waals surface area contributed by atoms with Crippen molar-refractivity contribution in [1.29, 1.82) is 0 Å². The van der Waals surface area contributed by atoms with Gasteiger partial charge in [0.05, 0.1) is 22.7 Å². The lowest BCUT2D eigenvalue weighted by atomic mass is 9.92. The summed E-state index contributed by atoms with van der Waals surface area (Å²) in [6.07, 6.45) is 1.14. The first kappa shape index (κ1) is 18.8. The van der Waals surface area contributed by atoms with Crippen LogP contribution in [0, 0.1) is 11.6 Å². The molecule has 4 aromatic rings. The van der Waals surface area contributed by atoms with Crippen LogP contribution < -0.4 is 0 Å². The van der Waals surface area contributed by atoms with Crippen LogP contribution in [-0.4, -0.2) is 25.2 Å². The molecule has 0 saturated heterocycles. The van der Waals surface area contributed by atoms with Crippen LogP contribution in [0.2, 0.25) is 5.02 Å². The van der Waals surface area contributed by atoms with Crippen molar-refractivity contribution in [3.05, 3.63) is 70.0 Å². The summed E-state index contributed by atoms with van der Waals surface area (Å²) in [7, 11) is 0. The van der Waals surface area contributed by atoms with E-state index in [1.807, 2.05) is 0 Å². The summed E-state index contributed by atoms with van der Waals surface area (Å²) < 4.78 is 60.2. The van der Waals surface area contributed by atoms with Crippen LogP contribution >= 0.6 is 22.9 Å². The predicted octanol–water partition coefficient (Wildman–Crippen LogP) is 4.79. The molecule has 0 bridgehead atoms. The molecule has 0 saturated carbocycles. The predicted molar refractivity (Wildman–Crippen MR) is 95.4 cm³/mol. The molecule has 2 aromatic carbocycles. The number of alkyl halides is 2. The Morgan fingerprint density at radius 1 is 1.14 bits per heavy atom. The van der Waals surface area contributed by atoms with Crippen molar-refractivity contribution < 1.29 is 17.6 Å².